The van der Waals surface area contributed by atoms with Crippen LogP contribution in [0.2, 0.25) is 0 Å². The van der Waals surface area contributed by atoms with Gasteiger partial charge in [-0.05, 0) is 6.92 Å². The molecular weight excluding hydrogens is 233 g/mol. The number of aryl methyl sites for hydroxylation is 1. The average Bonchev–Trinajstić information content (AvgIpc) is 2.30. The molecular formula is C7H8LiNO4S2. The SMILES string of the molecule is Cc1nc(S(C)(=O)=O)sc1CC(=O)[O-].[Li+]. The molecule has 78 valence electrons. The molecule has 0 aliphatic rings. The second-order valence-corrected chi connectivity index (χ2v) is 6.08. The first-order valence-electron chi connectivity index (χ1n) is 3.67. The van der Waals surface area contributed by atoms with E-state index in [0.29, 0.717) is 10.6 Å². The van der Waals surface area contributed by atoms with Crippen LogP contribution in [0, 0.1) is 6.92 Å². The summed E-state index contributed by atoms with van der Waals surface area (Å²) in [5.74, 6) is -1.24. The van der Waals surface area contributed by atoms with E-state index in [1.54, 1.807) is 6.92 Å². The fourth-order valence-electron chi connectivity index (χ4n) is 0.855. The van der Waals surface area contributed by atoms with Crippen LogP contribution in [0.1, 0.15) is 10.6 Å². The van der Waals surface area contributed by atoms with Crippen LogP contribution in [0.15, 0.2) is 4.34 Å². The Bertz CT molecular complexity index is 465. The van der Waals surface area contributed by atoms with E-state index in [1.165, 1.54) is 0 Å². The van der Waals surface area contributed by atoms with Crippen LogP contribution in [0.25, 0.3) is 0 Å². The Kier molecular flexibility index (Phi) is 5.00. The molecule has 0 saturated carbocycles. The summed E-state index contributed by atoms with van der Waals surface area (Å²) in [6.07, 6.45) is 0.743. The minimum atomic E-state index is -3.35. The van der Waals surface area contributed by atoms with Gasteiger partial charge in [0.05, 0.1) is 5.69 Å². The maximum Gasteiger partial charge on any atom is 1.00 e. The standard InChI is InChI=1S/C7H9NO4S2.Li/c1-4-5(3-6(9)10)13-7(8-4)14(2,11)12;/h3H2,1-2H3,(H,9,10);/q;+1/p-1. The first-order chi connectivity index (χ1) is 6.30. The number of aliphatic carboxylic acids is 1. The Hall–Kier alpha value is -0.353. The molecule has 0 radical (unpaired) electrons. The fourth-order valence-corrected chi connectivity index (χ4v) is 2.84. The molecule has 0 amide bonds. The maximum absolute atomic E-state index is 11.1. The molecule has 0 aromatic carbocycles. The number of thiazole rings is 1. The predicted molar refractivity (Wildman–Crippen MR) is 48.7 cm³/mol. The number of aromatic nitrogens is 1. The Balaban J connectivity index is 0.00000196. The molecule has 0 aliphatic heterocycles. The third-order valence-electron chi connectivity index (χ3n) is 1.50. The van der Waals surface area contributed by atoms with Crippen molar-refractivity contribution in [3.63, 3.8) is 0 Å². The smallest absolute Gasteiger partial charge is 0.550 e. The molecule has 1 rings (SSSR count). The number of carbonyl (C=O) groups is 1. The van der Waals surface area contributed by atoms with Gasteiger partial charge in [-0.25, -0.2) is 13.4 Å². The Morgan fingerprint density at radius 3 is 2.40 bits per heavy atom. The molecule has 15 heavy (non-hydrogen) atoms. The molecule has 0 atom stereocenters. The van der Waals surface area contributed by atoms with Gasteiger partial charge in [0.1, 0.15) is 0 Å². The van der Waals surface area contributed by atoms with Crippen molar-refractivity contribution in [3.8, 4) is 0 Å². The van der Waals surface area contributed by atoms with E-state index in [2.05, 4.69) is 4.98 Å². The van der Waals surface area contributed by atoms with Crippen molar-refractivity contribution >= 4 is 27.1 Å². The van der Waals surface area contributed by atoms with Crippen molar-refractivity contribution in [2.75, 3.05) is 6.26 Å². The summed E-state index contributed by atoms with van der Waals surface area (Å²) in [6, 6.07) is 0. The largest absolute Gasteiger partial charge is 1.00 e. The Labute approximate surface area is 104 Å². The summed E-state index contributed by atoms with van der Waals surface area (Å²) >= 11 is 0.875. The number of rotatable bonds is 3. The van der Waals surface area contributed by atoms with Gasteiger partial charge in [0.15, 0.2) is 0 Å². The maximum atomic E-state index is 11.1. The molecule has 0 N–H and O–H groups in total. The van der Waals surface area contributed by atoms with E-state index in [1.807, 2.05) is 0 Å². The second kappa shape index (κ2) is 5.12. The van der Waals surface area contributed by atoms with Crippen LogP contribution in [0.5, 0.6) is 0 Å². The first kappa shape index (κ1) is 14.6. The summed E-state index contributed by atoms with van der Waals surface area (Å²) in [5.41, 5.74) is 0.430. The summed E-state index contributed by atoms with van der Waals surface area (Å²) in [5, 5.41) is 10.3. The fraction of sp³-hybridized carbons (Fsp3) is 0.429. The number of hydrogen-bond donors (Lipinski definition) is 0. The molecule has 0 aliphatic carbocycles. The van der Waals surface area contributed by atoms with E-state index in [9.17, 15) is 18.3 Å². The van der Waals surface area contributed by atoms with E-state index in [0.717, 1.165) is 17.6 Å². The quantitative estimate of drug-likeness (QED) is 0.506. The number of nitrogens with zero attached hydrogens (tertiary/aromatic N) is 1. The van der Waals surface area contributed by atoms with Crippen molar-refractivity contribution in [2.24, 2.45) is 0 Å². The van der Waals surface area contributed by atoms with E-state index >= 15 is 0 Å². The average molecular weight is 241 g/mol. The summed E-state index contributed by atoms with van der Waals surface area (Å²) in [4.78, 5) is 14.5. The Morgan fingerprint density at radius 2 is 2.07 bits per heavy atom. The van der Waals surface area contributed by atoms with Crippen LogP contribution in [0.4, 0.5) is 0 Å². The van der Waals surface area contributed by atoms with Gasteiger partial charge in [-0.3, -0.25) is 0 Å². The van der Waals surface area contributed by atoms with Crippen molar-refractivity contribution in [3.05, 3.63) is 10.6 Å². The third-order valence-corrected chi connectivity index (χ3v) is 4.33. The van der Waals surface area contributed by atoms with E-state index in [-0.39, 0.29) is 29.6 Å². The van der Waals surface area contributed by atoms with Crippen molar-refractivity contribution in [2.45, 2.75) is 17.7 Å². The van der Waals surface area contributed by atoms with Gasteiger partial charge in [-0.2, -0.15) is 0 Å². The molecule has 0 saturated heterocycles. The summed E-state index contributed by atoms with van der Waals surface area (Å²) < 4.78 is 22.1. The van der Waals surface area contributed by atoms with Gasteiger partial charge >= 0.3 is 18.9 Å². The number of hydrogen-bond acceptors (Lipinski definition) is 6. The zero-order valence-electron chi connectivity index (χ0n) is 8.60. The molecule has 0 bridgehead atoms. The van der Waals surface area contributed by atoms with E-state index in [4.69, 9.17) is 0 Å². The molecule has 1 heterocycles. The number of carboxylic acids is 1. The molecule has 1 aromatic rings. The van der Waals surface area contributed by atoms with Crippen LogP contribution in [-0.2, 0) is 21.1 Å². The number of carbonyl (C=O) groups excluding carboxylic acids is 1. The van der Waals surface area contributed by atoms with Gasteiger partial charge < -0.3 is 9.90 Å². The molecule has 0 unspecified atom stereocenters. The number of carboxylic acid groups (broad SMARTS) is 1. The van der Waals surface area contributed by atoms with Crippen molar-refractivity contribution in [1.82, 2.24) is 4.98 Å². The normalized spacial score (nSPS) is 10.8. The molecule has 5 nitrogen and oxygen atoms in total. The molecule has 0 spiro atoms. The second-order valence-electron chi connectivity index (χ2n) is 2.81. The monoisotopic (exact) mass is 241 g/mol. The minimum absolute atomic E-state index is 0. The molecule has 8 heteroatoms. The third kappa shape index (κ3) is 3.95. The van der Waals surface area contributed by atoms with Crippen LogP contribution < -0.4 is 24.0 Å². The van der Waals surface area contributed by atoms with E-state index < -0.39 is 15.8 Å². The van der Waals surface area contributed by atoms with Gasteiger partial charge in [0, 0.05) is 23.5 Å². The van der Waals surface area contributed by atoms with Gasteiger partial charge in [0.2, 0.25) is 14.2 Å². The predicted octanol–water partition coefficient (Wildman–Crippen LogP) is -3.85. The minimum Gasteiger partial charge on any atom is -0.550 e. The zero-order valence-corrected chi connectivity index (χ0v) is 10.2. The Morgan fingerprint density at radius 1 is 1.53 bits per heavy atom. The zero-order chi connectivity index (χ0) is 10.9. The van der Waals surface area contributed by atoms with Crippen molar-refractivity contribution in [1.29, 1.82) is 0 Å². The van der Waals surface area contributed by atoms with Crippen LogP contribution >= 0.6 is 11.3 Å². The van der Waals surface area contributed by atoms with Gasteiger partial charge in [0.25, 0.3) is 0 Å². The van der Waals surface area contributed by atoms with Gasteiger partial charge in [-0.1, -0.05) is 0 Å². The van der Waals surface area contributed by atoms with Gasteiger partial charge in [-0.15, -0.1) is 11.3 Å². The topological polar surface area (TPSA) is 87.2 Å². The molecule has 1 aromatic heterocycles. The summed E-state index contributed by atoms with van der Waals surface area (Å²) in [7, 11) is -3.35. The van der Waals surface area contributed by atoms with Crippen molar-refractivity contribution < 1.29 is 37.2 Å². The summed E-state index contributed by atoms with van der Waals surface area (Å²) in [6.45, 7) is 1.57. The van der Waals surface area contributed by atoms with Crippen LogP contribution in [-0.4, -0.2) is 25.6 Å². The van der Waals surface area contributed by atoms with Crippen LogP contribution in [0.3, 0.4) is 0 Å². The first-order valence-corrected chi connectivity index (χ1v) is 6.37. The number of sulfone groups is 1. The molecule has 0 fully saturated rings.